The van der Waals surface area contributed by atoms with Crippen LogP contribution in [0.15, 0.2) is 47.1 Å². The van der Waals surface area contributed by atoms with Crippen LogP contribution in [0.1, 0.15) is 50.7 Å². The third kappa shape index (κ3) is 3.85. The molecule has 1 unspecified atom stereocenters. The Morgan fingerprint density at radius 3 is 2.48 bits per heavy atom. The Balaban J connectivity index is 2.61. The van der Waals surface area contributed by atoms with Crippen molar-refractivity contribution in [3.8, 4) is 6.07 Å². The molecule has 1 aliphatic rings. The second-order valence-corrected chi connectivity index (χ2v) is 5.83. The van der Waals surface area contributed by atoms with Crippen molar-refractivity contribution >= 4 is 5.97 Å². The number of aryl methyl sites for hydroxylation is 1. The van der Waals surface area contributed by atoms with Crippen molar-refractivity contribution in [2.75, 3.05) is 6.61 Å². The summed E-state index contributed by atoms with van der Waals surface area (Å²) in [7, 11) is 0. The van der Waals surface area contributed by atoms with Crippen LogP contribution in [0, 0.1) is 11.3 Å². The molecule has 5 heteroatoms. The molecule has 2 rings (SSSR count). The number of carbonyl (C=O) groups is 1. The zero-order valence-electron chi connectivity index (χ0n) is 15.0. The summed E-state index contributed by atoms with van der Waals surface area (Å²) in [6.45, 7) is 6.07. The molecule has 0 saturated carbocycles. The monoisotopic (exact) mass is 340 g/mol. The maximum absolute atomic E-state index is 12.6. The Labute approximate surface area is 148 Å². The van der Waals surface area contributed by atoms with E-state index in [4.69, 9.17) is 15.2 Å². The molecule has 0 aromatic heterocycles. The minimum absolute atomic E-state index is 0.0589. The van der Waals surface area contributed by atoms with Crippen LogP contribution in [0.5, 0.6) is 0 Å². The number of carbonyl (C=O) groups excluding carboxylic acids is 1. The number of nitriles is 1. The molecule has 132 valence electrons. The van der Waals surface area contributed by atoms with Gasteiger partial charge < -0.3 is 15.2 Å². The van der Waals surface area contributed by atoms with Gasteiger partial charge in [-0.15, -0.1) is 0 Å². The molecule has 0 saturated heterocycles. The molecule has 25 heavy (non-hydrogen) atoms. The molecule has 0 fully saturated rings. The van der Waals surface area contributed by atoms with Gasteiger partial charge in [0.25, 0.3) is 0 Å². The molecule has 1 aromatic carbocycles. The van der Waals surface area contributed by atoms with Crippen LogP contribution >= 0.6 is 0 Å². The fourth-order valence-electron chi connectivity index (χ4n) is 2.94. The number of allylic oxidation sites excluding steroid dienone is 2. The van der Waals surface area contributed by atoms with Crippen molar-refractivity contribution in [1.29, 1.82) is 5.26 Å². The zero-order chi connectivity index (χ0) is 18.4. The summed E-state index contributed by atoms with van der Waals surface area (Å²) < 4.78 is 10.9. The highest BCUT2D eigenvalue weighted by Crippen LogP contribution is 2.40. The number of hydrogen-bond donors (Lipinski definition) is 1. The summed E-state index contributed by atoms with van der Waals surface area (Å²) >= 11 is 0. The van der Waals surface area contributed by atoms with Crippen LogP contribution in [0.25, 0.3) is 0 Å². The SMILES string of the molecule is CCCC1=C(C(=O)OCC)C(c2ccc(CC)cc2)C(C#N)=C(N)O1. The Bertz CT molecular complexity index is 739. The van der Waals surface area contributed by atoms with Crippen LogP contribution in [-0.2, 0) is 20.7 Å². The number of ether oxygens (including phenoxy) is 2. The first-order chi connectivity index (χ1) is 12.1. The predicted molar refractivity (Wildman–Crippen MR) is 95.0 cm³/mol. The first kappa shape index (κ1) is 18.6. The topological polar surface area (TPSA) is 85.3 Å². The second kappa shape index (κ2) is 8.39. The van der Waals surface area contributed by atoms with Crippen molar-refractivity contribution in [3.63, 3.8) is 0 Å². The van der Waals surface area contributed by atoms with Gasteiger partial charge >= 0.3 is 5.97 Å². The van der Waals surface area contributed by atoms with Crippen LogP contribution < -0.4 is 5.73 Å². The van der Waals surface area contributed by atoms with Crippen molar-refractivity contribution < 1.29 is 14.3 Å². The van der Waals surface area contributed by atoms with Crippen LogP contribution in [0.2, 0.25) is 0 Å². The molecule has 1 aromatic rings. The molecule has 1 aliphatic heterocycles. The quantitative estimate of drug-likeness (QED) is 0.799. The average molecular weight is 340 g/mol. The number of benzene rings is 1. The number of hydrogen-bond acceptors (Lipinski definition) is 5. The standard InChI is InChI=1S/C20H24N2O3/c1-4-7-16-18(20(23)24-6-3)17(15(12-21)19(22)25-16)14-10-8-13(5-2)9-11-14/h8-11,17H,4-7,22H2,1-3H3. The molecule has 0 aliphatic carbocycles. The average Bonchev–Trinajstić information content (AvgIpc) is 2.61. The Morgan fingerprint density at radius 1 is 1.28 bits per heavy atom. The van der Waals surface area contributed by atoms with Gasteiger partial charge in [-0.3, -0.25) is 0 Å². The highest BCUT2D eigenvalue weighted by Gasteiger charge is 2.37. The van der Waals surface area contributed by atoms with Crippen molar-refractivity contribution in [2.24, 2.45) is 5.73 Å². The van der Waals surface area contributed by atoms with E-state index in [9.17, 15) is 10.1 Å². The van der Waals surface area contributed by atoms with E-state index >= 15 is 0 Å². The first-order valence-corrected chi connectivity index (χ1v) is 8.63. The minimum Gasteiger partial charge on any atom is -0.463 e. The largest absolute Gasteiger partial charge is 0.463 e. The molecule has 0 amide bonds. The Hall–Kier alpha value is -2.74. The fraction of sp³-hybridized carbons (Fsp3) is 0.400. The van der Waals surface area contributed by atoms with E-state index in [0.717, 1.165) is 18.4 Å². The molecule has 0 bridgehead atoms. The van der Waals surface area contributed by atoms with E-state index in [-0.39, 0.29) is 18.1 Å². The summed E-state index contributed by atoms with van der Waals surface area (Å²) in [6.07, 6.45) is 2.25. The molecule has 1 atom stereocenters. The normalized spacial score (nSPS) is 17.1. The first-order valence-electron chi connectivity index (χ1n) is 8.63. The lowest BCUT2D eigenvalue weighted by Gasteiger charge is -2.28. The lowest BCUT2D eigenvalue weighted by atomic mass is 9.82. The minimum atomic E-state index is -0.565. The molecular formula is C20H24N2O3. The summed E-state index contributed by atoms with van der Waals surface area (Å²) in [5, 5.41) is 9.60. The van der Waals surface area contributed by atoms with Crippen LogP contribution in [-0.4, -0.2) is 12.6 Å². The Morgan fingerprint density at radius 2 is 1.96 bits per heavy atom. The molecule has 2 N–H and O–H groups in total. The van der Waals surface area contributed by atoms with Gasteiger partial charge in [0.15, 0.2) is 0 Å². The van der Waals surface area contributed by atoms with Crippen molar-refractivity contribution in [3.05, 3.63) is 58.2 Å². The summed E-state index contributed by atoms with van der Waals surface area (Å²) in [6, 6.07) is 9.97. The number of esters is 1. The maximum Gasteiger partial charge on any atom is 0.338 e. The van der Waals surface area contributed by atoms with Gasteiger partial charge in [-0.25, -0.2) is 4.79 Å². The lowest BCUT2D eigenvalue weighted by molar-refractivity contribution is -0.139. The Kier molecular flexibility index (Phi) is 6.24. The van der Waals surface area contributed by atoms with Gasteiger partial charge in [0.2, 0.25) is 5.88 Å². The van der Waals surface area contributed by atoms with Crippen LogP contribution in [0.3, 0.4) is 0 Å². The molecule has 1 heterocycles. The van der Waals surface area contributed by atoms with Gasteiger partial charge in [-0.05, 0) is 30.9 Å². The smallest absolute Gasteiger partial charge is 0.338 e. The summed E-state index contributed by atoms with van der Waals surface area (Å²) in [5.74, 6) is -0.480. The van der Waals surface area contributed by atoms with Gasteiger partial charge in [0.05, 0.1) is 18.1 Å². The second-order valence-electron chi connectivity index (χ2n) is 5.83. The van der Waals surface area contributed by atoms with E-state index in [1.807, 2.05) is 31.2 Å². The molecule has 0 spiro atoms. The number of rotatable bonds is 6. The van der Waals surface area contributed by atoms with Gasteiger partial charge in [-0.1, -0.05) is 38.1 Å². The fourth-order valence-corrected chi connectivity index (χ4v) is 2.94. The van der Waals surface area contributed by atoms with Gasteiger partial charge in [0, 0.05) is 6.42 Å². The van der Waals surface area contributed by atoms with Gasteiger partial charge in [-0.2, -0.15) is 5.26 Å². The van der Waals surface area contributed by atoms with Crippen LogP contribution in [0.4, 0.5) is 0 Å². The van der Waals surface area contributed by atoms with E-state index in [1.165, 1.54) is 5.56 Å². The van der Waals surface area contributed by atoms with Gasteiger partial charge in [0.1, 0.15) is 17.4 Å². The van der Waals surface area contributed by atoms with Crippen molar-refractivity contribution in [1.82, 2.24) is 0 Å². The van der Waals surface area contributed by atoms with E-state index in [0.29, 0.717) is 17.8 Å². The third-order valence-corrected chi connectivity index (χ3v) is 4.19. The van der Waals surface area contributed by atoms with E-state index in [2.05, 4.69) is 13.0 Å². The maximum atomic E-state index is 12.6. The van der Waals surface area contributed by atoms with E-state index < -0.39 is 11.9 Å². The molecular weight excluding hydrogens is 316 g/mol. The van der Waals surface area contributed by atoms with E-state index in [1.54, 1.807) is 6.92 Å². The number of nitrogens with two attached hydrogens (primary N) is 1. The summed E-state index contributed by atoms with van der Waals surface area (Å²) in [4.78, 5) is 12.6. The number of nitrogens with zero attached hydrogens (tertiary/aromatic N) is 1. The highest BCUT2D eigenvalue weighted by atomic mass is 16.5. The zero-order valence-corrected chi connectivity index (χ0v) is 15.0. The third-order valence-electron chi connectivity index (χ3n) is 4.19. The highest BCUT2D eigenvalue weighted by molar-refractivity contribution is 5.92. The molecule has 5 nitrogen and oxygen atoms in total. The summed E-state index contributed by atoms with van der Waals surface area (Å²) in [5.41, 5.74) is 8.61. The van der Waals surface area contributed by atoms with Crippen molar-refractivity contribution in [2.45, 2.75) is 46.0 Å². The molecule has 0 radical (unpaired) electrons. The lowest BCUT2D eigenvalue weighted by Crippen LogP contribution is -2.26. The predicted octanol–water partition coefficient (Wildman–Crippen LogP) is 3.67.